The van der Waals surface area contributed by atoms with Gasteiger partial charge < -0.3 is 19.5 Å². The lowest BCUT2D eigenvalue weighted by Crippen LogP contribution is -2.32. The summed E-state index contributed by atoms with van der Waals surface area (Å²) in [4.78, 5) is 37.1. The fourth-order valence-corrected chi connectivity index (χ4v) is 5.14. The van der Waals surface area contributed by atoms with Gasteiger partial charge in [-0.3, -0.25) is 15.2 Å². The molecule has 1 aliphatic heterocycles. The van der Waals surface area contributed by atoms with Crippen LogP contribution in [-0.2, 0) is 19.1 Å². The molecule has 1 aliphatic rings. The molecular weight excluding hydrogens is 552 g/mol. The van der Waals surface area contributed by atoms with Crippen LogP contribution < -0.4 is 10.1 Å². The highest BCUT2D eigenvalue weighted by Gasteiger charge is 2.38. The van der Waals surface area contributed by atoms with Crippen molar-refractivity contribution < 1.29 is 28.7 Å². The fraction of sp³-hybridized carbons (Fsp3) is 0.344. The van der Waals surface area contributed by atoms with E-state index >= 15 is 0 Å². The molecule has 0 bridgehead atoms. The van der Waals surface area contributed by atoms with Crippen LogP contribution in [0.5, 0.6) is 5.88 Å². The van der Waals surface area contributed by atoms with Gasteiger partial charge in [0.05, 0.1) is 47.5 Å². The van der Waals surface area contributed by atoms with Crippen LogP contribution in [0.2, 0.25) is 0 Å². The largest absolute Gasteiger partial charge is 0.474 e. The standard InChI is InChI=1S/C32H36N4O7/c1-20(43-27-19-26(34-35-27)23-13-8-5-9-14-23)12-7-6-10-17-42-32(38)29-22(3)33-21(2)28(31(37)41-4)30(29)24-15-11-16-25(18-24)36(39)40/h5,8-9,11,13-16,18-20,30,33H,6-7,10,12,17H2,1-4H3,(H,34,35). The second kappa shape index (κ2) is 14.3. The Morgan fingerprint density at radius 3 is 2.40 bits per heavy atom. The molecule has 11 heteroatoms. The molecule has 2 unspecified atom stereocenters. The summed E-state index contributed by atoms with van der Waals surface area (Å²) in [7, 11) is 1.25. The average molecular weight is 589 g/mol. The Kier molecular flexibility index (Phi) is 10.3. The molecule has 0 radical (unpaired) electrons. The lowest BCUT2D eigenvalue weighted by Gasteiger charge is -2.30. The Bertz CT molecular complexity index is 1530. The zero-order valence-corrected chi connectivity index (χ0v) is 24.7. The molecule has 4 rings (SSSR count). The monoisotopic (exact) mass is 588 g/mol. The number of carbonyl (C=O) groups is 2. The topological polar surface area (TPSA) is 146 Å². The maximum atomic E-state index is 13.4. The number of aromatic nitrogens is 2. The van der Waals surface area contributed by atoms with E-state index in [1.807, 2.05) is 43.3 Å². The highest BCUT2D eigenvalue weighted by Crippen LogP contribution is 2.40. The number of methoxy groups -OCH3 is 1. The van der Waals surface area contributed by atoms with Gasteiger partial charge >= 0.3 is 11.9 Å². The number of nitro groups is 1. The molecule has 43 heavy (non-hydrogen) atoms. The number of benzene rings is 2. The second-order valence-electron chi connectivity index (χ2n) is 10.4. The van der Waals surface area contributed by atoms with Crippen LogP contribution in [-0.4, -0.2) is 46.9 Å². The van der Waals surface area contributed by atoms with Gasteiger partial charge in [0.15, 0.2) is 0 Å². The first kappa shape index (κ1) is 31.0. The molecule has 0 fully saturated rings. The van der Waals surface area contributed by atoms with E-state index in [1.165, 1.54) is 25.3 Å². The number of nitrogens with one attached hydrogen (secondary N) is 2. The molecule has 226 valence electrons. The van der Waals surface area contributed by atoms with Crippen molar-refractivity contribution in [3.63, 3.8) is 0 Å². The maximum Gasteiger partial charge on any atom is 0.336 e. The van der Waals surface area contributed by atoms with Crippen LogP contribution in [0.3, 0.4) is 0 Å². The molecule has 3 aromatic rings. The van der Waals surface area contributed by atoms with E-state index in [0.29, 0.717) is 29.3 Å². The van der Waals surface area contributed by atoms with Gasteiger partial charge in [-0.2, -0.15) is 0 Å². The molecule has 0 saturated carbocycles. The van der Waals surface area contributed by atoms with Crippen LogP contribution in [0.1, 0.15) is 57.9 Å². The van der Waals surface area contributed by atoms with Gasteiger partial charge in [-0.25, -0.2) is 9.59 Å². The fourth-order valence-electron chi connectivity index (χ4n) is 5.14. The minimum absolute atomic E-state index is 0.0435. The lowest BCUT2D eigenvalue weighted by molar-refractivity contribution is -0.384. The molecular formula is C32H36N4O7. The third-order valence-corrected chi connectivity index (χ3v) is 7.25. The number of aromatic amines is 1. The van der Waals surface area contributed by atoms with Crippen molar-refractivity contribution in [1.29, 1.82) is 0 Å². The van der Waals surface area contributed by atoms with Crippen molar-refractivity contribution in [2.24, 2.45) is 0 Å². The van der Waals surface area contributed by atoms with Crippen molar-refractivity contribution in [2.75, 3.05) is 13.7 Å². The maximum absolute atomic E-state index is 13.4. The number of allylic oxidation sites excluding steroid dienone is 2. The van der Waals surface area contributed by atoms with Gasteiger partial charge in [-0.05, 0) is 57.6 Å². The molecule has 0 saturated heterocycles. The number of hydrogen-bond acceptors (Lipinski definition) is 9. The van der Waals surface area contributed by atoms with Crippen LogP contribution in [0, 0.1) is 10.1 Å². The summed E-state index contributed by atoms with van der Waals surface area (Å²) in [5.41, 5.74) is 3.61. The first-order chi connectivity index (χ1) is 20.7. The van der Waals surface area contributed by atoms with E-state index in [2.05, 4.69) is 15.5 Å². The summed E-state index contributed by atoms with van der Waals surface area (Å²) in [6.07, 6.45) is 3.07. The van der Waals surface area contributed by atoms with Crippen molar-refractivity contribution in [3.05, 3.63) is 98.9 Å². The lowest BCUT2D eigenvalue weighted by atomic mass is 9.80. The van der Waals surface area contributed by atoms with Gasteiger partial charge in [0.1, 0.15) is 0 Å². The summed E-state index contributed by atoms with van der Waals surface area (Å²) in [6, 6.07) is 17.7. The van der Waals surface area contributed by atoms with Crippen LogP contribution in [0.15, 0.2) is 83.2 Å². The summed E-state index contributed by atoms with van der Waals surface area (Å²) in [5, 5.41) is 21.8. The van der Waals surface area contributed by atoms with Gasteiger partial charge in [-0.15, -0.1) is 5.10 Å². The van der Waals surface area contributed by atoms with Crippen molar-refractivity contribution in [1.82, 2.24) is 15.5 Å². The zero-order chi connectivity index (χ0) is 30.9. The number of rotatable bonds is 13. The van der Waals surface area contributed by atoms with E-state index in [1.54, 1.807) is 19.9 Å². The summed E-state index contributed by atoms with van der Waals surface area (Å²) < 4.78 is 16.6. The quantitative estimate of drug-likeness (QED) is 0.107. The molecule has 2 heterocycles. The van der Waals surface area contributed by atoms with Crippen LogP contribution in [0.4, 0.5) is 5.69 Å². The average Bonchev–Trinajstić information content (AvgIpc) is 3.46. The molecule has 2 aromatic carbocycles. The summed E-state index contributed by atoms with van der Waals surface area (Å²) in [6.45, 7) is 5.58. The number of carbonyl (C=O) groups excluding carboxylic acids is 2. The van der Waals surface area contributed by atoms with E-state index < -0.39 is 22.8 Å². The van der Waals surface area contributed by atoms with Gasteiger partial charge in [0, 0.05) is 29.6 Å². The summed E-state index contributed by atoms with van der Waals surface area (Å²) >= 11 is 0. The number of unbranched alkanes of at least 4 members (excludes halogenated alkanes) is 2. The van der Waals surface area contributed by atoms with Crippen molar-refractivity contribution >= 4 is 17.6 Å². The Morgan fingerprint density at radius 1 is 0.977 bits per heavy atom. The SMILES string of the molecule is COC(=O)C1=C(C)NC(C)=C(C(=O)OCCCCCC(C)Oc2cc(-c3ccccc3)[nH]n2)C1c1cccc([N+](=O)[O-])c1. The Balaban J connectivity index is 1.32. The first-order valence-electron chi connectivity index (χ1n) is 14.2. The zero-order valence-electron chi connectivity index (χ0n) is 24.7. The predicted octanol–water partition coefficient (Wildman–Crippen LogP) is 5.96. The Morgan fingerprint density at radius 2 is 1.70 bits per heavy atom. The molecule has 11 nitrogen and oxygen atoms in total. The molecule has 0 amide bonds. The van der Waals surface area contributed by atoms with E-state index in [9.17, 15) is 19.7 Å². The van der Waals surface area contributed by atoms with E-state index in [-0.39, 0.29) is 29.5 Å². The third-order valence-electron chi connectivity index (χ3n) is 7.25. The molecule has 2 atom stereocenters. The van der Waals surface area contributed by atoms with Crippen LogP contribution >= 0.6 is 0 Å². The number of nitro benzene ring substituents is 1. The van der Waals surface area contributed by atoms with Gasteiger partial charge in [0.25, 0.3) is 5.69 Å². The van der Waals surface area contributed by atoms with Gasteiger partial charge in [-0.1, -0.05) is 42.5 Å². The number of hydrogen-bond donors (Lipinski definition) is 2. The minimum Gasteiger partial charge on any atom is -0.474 e. The summed E-state index contributed by atoms with van der Waals surface area (Å²) in [5.74, 6) is -1.58. The molecule has 2 N–H and O–H groups in total. The number of ether oxygens (including phenoxy) is 3. The molecule has 0 spiro atoms. The molecule has 1 aromatic heterocycles. The number of dihydropyridines is 1. The van der Waals surface area contributed by atoms with Crippen LogP contribution in [0.25, 0.3) is 11.3 Å². The highest BCUT2D eigenvalue weighted by molar-refractivity contribution is 5.99. The van der Waals surface area contributed by atoms with E-state index in [0.717, 1.165) is 30.5 Å². The minimum atomic E-state index is -0.886. The highest BCUT2D eigenvalue weighted by atomic mass is 16.6. The number of nitrogens with zero attached hydrogens (tertiary/aromatic N) is 2. The Labute approximate surface area is 250 Å². The van der Waals surface area contributed by atoms with Crippen molar-refractivity contribution in [3.8, 4) is 17.1 Å². The van der Waals surface area contributed by atoms with Crippen molar-refractivity contribution in [2.45, 2.75) is 58.5 Å². The first-order valence-corrected chi connectivity index (χ1v) is 14.2. The molecule has 0 aliphatic carbocycles. The van der Waals surface area contributed by atoms with Gasteiger partial charge in [0.2, 0.25) is 5.88 Å². The number of H-pyrrole nitrogens is 1. The smallest absolute Gasteiger partial charge is 0.336 e. The van der Waals surface area contributed by atoms with E-state index in [4.69, 9.17) is 14.2 Å². The normalized spacial score (nSPS) is 15.5. The Hall–Kier alpha value is -4.93. The second-order valence-corrected chi connectivity index (χ2v) is 10.4. The predicted molar refractivity (Wildman–Crippen MR) is 160 cm³/mol. The number of esters is 2. The number of non-ortho nitro benzene ring substituents is 1. The third kappa shape index (κ3) is 7.68.